The van der Waals surface area contributed by atoms with Crippen LogP contribution in [0.1, 0.15) is 21.8 Å². The molecule has 0 unspecified atom stereocenters. The molecule has 0 atom stereocenters. The maximum Gasteiger partial charge on any atom is 1.00 e. The van der Waals surface area contributed by atoms with Gasteiger partial charge in [-0.1, -0.05) is 6.08 Å². The Bertz CT molecular complexity index is 2010. The second-order valence-corrected chi connectivity index (χ2v) is 10.9. The summed E-state index contributed by atoms with van der Waals surface area (Å²) in [4.78, 5) is 48.2. The Morgan fingerprint density at radius 1 is 0.778 bits per heavy atom. The smallest absolute Gasteiger partial charge is 1.00 e. The molecule has 3 aromatic rings. The van der Waals surface area contributed by atoms with E-state index < -0.39 is 76.0 Å². The topological polar surface area (TPSA) is 254 Å². The minimum Gasteiger partial charge on any atom is -1.00 e. The van der Waals surface area contributed by atoms with E-state index in [0.29, 0.717) is 5.01 Å². The van der Waals surface area contributed by atoms with Gasteiger partial charge in [-0.25, -0.2) is 14.3 Å². The zero-order valence-electron chi connectivity index (χ0n) is 28.1. The van der Waals surface area contributed by atoms with E-state index in [0.717, 1.165) is 71.4 Å². The number of nitrogens with zero attached hydrogens (tertiary/aromatic N) is 3. The van der Waals surface area contributed by atoms with E-state index >= 15 is 0 Å². The number of H-pyrrole nitrogens is 1. The molecular weight excluding hydrogens is 680 g/mol. The maximum atomic E-state index is 12.9. The van der Waals surface area contributed by atoms with Crippen LogP contribution in [0.2, 0.25) is 0 Å². The summed E-state index contributed by atoms with van der Waals surface area (Å²) < 4.78 is 64.1. The van der Waals surface area contributed by atoms with Crippen LogP contribution in [0.3, 0.4) is 0 Å². The van der Waals surface area contributed by atoms with E-state index in [9.17, 15) is 46.2 Å². The number of aromatic carboxylic acids is 1. The predicted octanol–water partition coefficient (Wildman–Crippen LogP) is -10.7. The minimum atomic E-state index is -4.53. The van der Waals surface area contributed by atoms with Gasteiger partial charge in [0, 0.05) is 0 Å². The predicted molar refractivity (Wildman–Crippen MR) is 144 cm³/mol. The van der Waals surface area contributed by atoms with Gasteiger partial charge in [-0.15, -0.1) is 0 Å². The Morgan fingerprint density at radius 2 is 1.24 bits per heavy atom. The molecular formula is C23H20N4Na4O12S2. The fourth-order valence-electron chi connectivity index (χ4n) is 3.67. The first kappa shape index (κ1) is 43.8. The largest absolute Gasteiger partial charge is 1.00 e. The fraction of sp³-hybridized carbons (Fsp3) is 0. The molecule has 2 heterocycles. The van der Waals surface area contributed by atoms with Crippen molar-refractivity contribution < 1.29 is 174 Å². The number of allylic oxidation sites excluding steroid dienone is 2. The normalized spacial score (nSPS) is 13.7. The van der Waals surface area contributed by atoms with Gasteiger partial charge < -0.3 is 15.9 Å². The Balaban J connectivity index is -0.000000807. The first-order chi connectivity index (χ1) is 19.1. The van der Waals surface area contributed by atoms with Gasteiger partial charge >= 0.3 is 130 Å². The van der Waals surface area contributed by atoms with Gasteiger partial charge in [-0.2, -0.15) is 26.9 Å². The SMILES string of the molecule is O=C(O)C1=NN(c2ccc(S(=O)(=O)O)cc2)C(=O)/C1=C\C=C/c1c(C(=O)O)n(-c2ccc(S(=O)(=O)O)cc2)[nH]c1=O.[H-].[H-].[H-].[H-].[Na+].[Na+].[Na+].[Na+]. The molecule has 1 aromatic heterocycles. The summed E-state index contributed by atoms with van der Waals surface area (Å²) in [6, 6.07) is 8.37. The second kappa shape index (κ2) is 17.3. The van der Waals surface area contributed by atoms with Gasteiger partial charge in [0.2, 0.25) is 0 Å². The van der Waals surface area contributed by atoms with Crippen molar-refractivity contribution in [1.29, 1.82) is 0 Å². The third-order valence-electron chi connectivity index (χ3n) is 5.52. The number of benzene rings is 2. The molecule has 0 saturated carbocycles. The Hall–Kier alpha value is -1.17. The molecule has 4 rings (SSSR count). The van der Waals surface area contributed by atoms with Crippen LogP contribution in [0.4, 0.5) is 5.69 Å². The number of rotatable bonds is 8. The molecule has 16 nitrogen and oxygen atoms in total. The molecule has 1 aliphatic heterocycles. The number of hydrazone groups is 1. The Kier molecular flexibility index (Phi) is 16.8. The van der Waals surface area contributed by atoms with E-state index in [2.05, 4.69) is 10.2 Å². The number of carbonyl (C=O) groups excluding carboxylic acids is 1. The van der Waals surface area contributed by atoms with Crippen molar-refractivity contribution in [3.05, 3.63) is 87.9 Å². The number of aromatic amines is 1. The monoisotopic (exact) mass is 700 g/mol. The fourth-order valence-corrected chi connectivity index (χ4v) is 4.63. The summed E-state index contributed by atoms with van der Waals surface area (Å²) in [5, 5.41) is 25.9. The summed E-state index contributed by atoms with van der Waals surface area (Å²) in [5.41, 5.74) is -3.08. The molecule has 0 fully saturated rings. The number of carboxylic acids is 2. The molecule has 1 aliphatic rings. The summed E-state index contributed by atoms with van der Waals surface area (Å²) in [6.07, 6.45) is 3.01. The van der Waals surface area contributed by atoms with E-state index in [-0.39, 0.29) is 135 Å². The standard InChI is InChI=1S/C23H16N4O12S2.4Na.4H/c28-20-17(19(23(32)33)26(25-20)12-4-8-14(9-5-12)40(34,35)36)3-1-2-16-18(22(30)31)24-27(21(16)29)13-6-10-15(11-7-13)41(37,38)39;;;;;;;;/h1-11H,(H,25,28)(H,30,31)(H,32,33)(H,34,35,36)(H,37,38,39);;;;;;;;/q;4*+1;4*-1/b3-1-,16-2-;;;;;;;;. The number of hydrogen-bond donors (Lipinski definition) is 5. The van der Waals surface area contributed by atoms with Crippen molar-refractivity contribution in [3.8, 4) is 5.69 Å². The first-order valence-electron chi connectivity index (χ1n) is 10.9. The van der Waals surface area contributed by atoms with E-state index in [1.54, 1.807) is 0 Å². The van der Waals surface area contributed by atoms with Gasteiger partial charge in [-0.05, 0) is 60.7 Å². The number of amides is 1. The zero-order valence-corrected chi connectivity index (χ0v) is 33.7. The molecule has 0 spiro atoms. The number of hydrogen-bond acceptors (Lipinski definition) is 9. The van der Waals surface area contributed by atoms with Gasteiger partial charge in [0.15, 0.2) is 11.4 Å². The van der Waals surface area contributed by atoms with Gasteiger partial charge in [-0.3, -0.25) is 23.8 Å². The molecule has 1 amide bonds. The molecule has 0 saturated heterocycles. The number of aliphatic carboxylic acids is 1. The van der Waals surface area contributed by atoms with Crippen molar-refractivity contribution in [2.45, 2.75) is 9.79 Å². The third kappa shape index (κ3) is 9.92. The van der Waals surface area contributed by atoms with Crippen LogP contribution in [0, 0.1) is 0 Å². The summed E-state index contributed by atoms with van der Waals surface area (Å²) >= 11 is 0. The summed E-state index contributed by atoms with van der Waals surface area (Å²) in [6.45, 7) is 0. The molecule has 45 heavy (non-hydrogen) atoms. The second-order valence-electron chi connectivity index (χ2n) is 8.09. The zero-order chi connectivity index (χ0) is 30.3. The van der Waals surface area contributed by atoms with Crippen molar-refractivity contribution in [2.75, 3.05) is 5.01 Å². The molecule has 0 aliphatic carbocycles. The van der Waals surface area contributed by atoms with Gasteiger partial charge in [0.25, 0.3) is 31.7 Å². The molecule has 2 aromatic carbocycles. The van der Waals surface area contributed by atoms with Crippen LogP contribution in [0.5, 0.6) is 0 Å². The molecule has 22 heteroatoms. The first-order valence-corrected chi connectivity index (χ1v) is 13.8. The third-order valence-corrected chi connectivity index (χ3v) is 7.25. The number of carbonyl (C=O) groups is 3. The van der Waals surface area contributed by atoms with Crippen molar-refractivity contribution in [3.63, 3.8) is 0 Å². The van der Waals surface area contributed by atoms with Crippen LogP contribution in [0.15, 0.2) is 85.9 Å². The van der Waals surface area contributed by atoms with E-state index in [1.165, 1.54) is 0 Å². The number of nitrogens with one attached hydrogen (secondary N) is 1. The summed E-state index contributed by atoms with van der Waals surface area (Å²) in [5.74, 6) is -4.12. The number of carboxylic acid groups (broad SMARTS) is 2. The average molecular weight is 701 g/mol. The van der Waals surface area contributed by atoms with E-state index in [4.69, 9.17) is 9.11 Å². The van der Waals surface area contributed by atoms with Crippen molar-refractivity contribution in [2.24, 2.45) is 5.10 Å². The average Bonchev–Trinajstić information content (AvgIpc) is 3.40. The van der Waals surface area contributed by atoms with Crippen LogP contribution in [0.25, 0.3) is 11.8 Å². The molecule has 0 radical (unpaired) electrons. The van der Waals surface area contributed by atoms with Crippen LogP contribution in [-0.2, 0) is 29.8 Å². The van der Waals surface area contributed by atoms with Gasteiger partial charge in [0.1, 0.15) is 0 Å². The quantitative estimate of drug-likeness (QED) is 0.0835. The number of anilines is 1. The van der Waals surface area contributed by atoms with Gasteiger partial charge in [0.05, 0.1) is 32.3 Å². The van der Waals surface area contributed by atoms with E-state index in [1.807, 2.05) is 0 Å². The minimum absolute atomic E-state index is 0. The van der Waals surface area contributed by atoms with Crippen LogP contribution < -0.4 is 129 Å². The summed E-state index contributed by atoms with van der Waals surface area (Å²) in [7, 11) is -9.05. The number of aromatic nitrogens is 2. The van der Waals surface area contributed by atoms with Crippen molar-refractivity contribution >= 4 is 55.6 Å². The van der Waals surface area contributed by atoms with Crippen LogP contribution >= 0.6 is 0 Å². The maximum absolute atomic E-state index is 12.9. The molecule has 220 valence electrons. The Morgan fingerprint density at radius 3 is 1.67 bits per heavy atom. The van der Waals surface area contributed by atoms with Crippen molar-refractivity contribution in [1.82, 2.24) is 9.78 Å². The Labute approximate surface area is 348 Å². The van der Waals surface area contributed by atoms with Crippen LogP contribution in [-0.4, -0.2) is 69.5 Å². The molecule has 5 N–H and O–H groups in total. The molecule has 0 bridgehead atoms.